The number of halogens is 1. The zero-order valence-corrected chi connectivity index (χ0v) is 15.2. The van der Waals surface area contributed by atoms with E-state index in [4.69, 9.17) is 9.47 Å². The summed E-state index contributed by atoms with van der Waals surface area (Å²) < 4.78 is 11.3. The van der Waals surface area contributed by atoms with E-state index in [2.05, 4.69) is 31.8 Å². The quantitative estimate of drug-likeness (QED) is 0.598. The van der Waals surface area contributed by atoms with Gasteiger partial charge in [-0.05, 0) is 40.5 Å². The van der Waals surface area contributed by atoms with Crippen molar-refractivity contribution in [1.82, 2.24) is 5.43 Å². The van der Waals surface area contributed by atoms with Crippen LogP contribution in [0.4, 0.5) is 10.5 Å². The summed E-state index contributed by atoms with van der Waals surface area (Å²) in [7, 11) is 3.13. The largest absolute Gasteiger partial charge is 0.496 e. The molecule has 0 saturated carbocycles. The maximum Gasteiger partial charge on any atom is 0.339 e. The molecule has 24 heavy (non-hydrogen) atoms. The number of hydrogen-bond donors (Lipinski definition) is 2. The van der Waals surface area contributed by atoms with Crippen LogP contribution in [0.25, 0.3) is 0 Å². The molecule has 0 aliphatic heterocycles. The number of carbonyl (C=O) groups excluding carboxylic acids is 1. The first-order valence-electron chi connectivity index (χ1n) is 7.12. The summed E-state index contributed by atoms with van der Waals surface area (Å²) in [6.07, 6.45) is 1.50. The van der Waals surface area contributed by atoms with Gasteiger partial charge in [0.1, 0.15) is 11.5 Å². The fourth-order valence-corrected chi connectivity index (χ4v) is 2.53. The van der Waals surface area contributed by atoms with E-state index in [0.29, 0.717) is 17.1 Å². The van der Waals surface area contributed by atoms with Crippen molar-refractivity contribution in [3.63, 3.8) is 0 Å². The highest BCUT2D eigenvalue weighted by Crippen LogP contribution is 2.31. The number of benzene rings is 2. The first-order valence-corrected chi connectivity index (χ1v) is 7.91. The van der Waals surface area contributed by atoms with Crippen molar-refractivity contribution in [3.05, 3.63) is 52.0 Å². The van der Waals surface area contributed by atoms with Gasteiger partial charge >= 0.3 is 6.03 Å². The molecule has 6 nitrogen and oxygen atoms in total. The molecule has 0 heterocycles. The Morgan fingerprint density at radius 3 is 2.54 bits per heavy atom. The van der Waals surface area contributed by atoms with Crippen LogP contribution < -0.4 is 20.2 Å². The molecule has 0 aliphatic carbocycles. The van der Waals surface area contributed by atoms with Crippen LogP contribution in [-0.4, -0.2) is 26.5 Å². The van der Waals surface area contributed by atoms with Crippen molar-refractivity contribution in [2.24, 2.45) is 5.10 Å². The lowest BCUT2D eigenvalue weighted by molar-refractivity contribution is 0.252. The van der Waals surface area contributed by atoms with Gasteiger partial charge in [0.15, 0.2) is 0 Å². The standard InChI is InChI=1S/C17H18BrN3O3/c1-11-6-4-5-7-14(11)20-17(22)21-19-10-12-8-13(18)16(24-3)9-15(12)23-2/h4-10H,1-3H3,(H2,20,21,22). The van der Waals surface area contributed by atoms with E-state index in [0.717, 1.165) is 15.7 Å². The lowest BCUT2D eigenvalue weighted by Crippen LogP contribution is -2.24. The molecule has 0 atom stereocenters. The van der Waals surface area contributed by atoms with Crippen LogP contribution in [0.2, 0.25) is 0 Å². The van der Waals surface area contributed by atoms with Gasteiger partial charge in [-0.3, -0.25) is 0 Å². The number of carbonyl (C=O) groups is 1. The monoisotopic (exact) mass is 391 g/mol. The molecule has 2 rings (SSSR count). The van der Waals surface area contributed by atoms with Crippen LogP contribution in [-0.2, 0) is 0 Å². The Morgan fingerprint density at radius 2 is 1.88 bits per heavy atom. The number of methoxy groups -OCH3 is 2. The number of nitrogens with zero attached hydrogens (tertiary/aromatic N) is 1. The zero-order valence-electron chi connectivity index (χ0n) is 13.6. The molecular formula is C17H18BrN3O3. The SMILES string of the molecule is COc1cc(OC)c(C=NNC(=O)Nc2ccccc2C)cc1Br. The number of ether oxygens (including phenoxy) is 2. The smallest absolute Gasteiger partial charge is 0.339 e. The molecule has 0 radical (unpaired) electrons. The van der Waals surface area contributed by atoms with Crippen LogP contribution in [0, 0.1) is 6.92 Å². The molecule has 0 saturated heterocycles. The number of amides is 2. The lowest BCUT2D eigenvalue weighted by Gasteiger charge is -2.09. The molecule has 126 valence electrons. The predicted octanol–water partition coefficient (Wildman–Crippen LogP) is 3.93. The predicted molar refractivity (Wildman–Crippen MR) is 98.2 cm³/mol. The summed E-state index contributed by atoms with van der Waals surface area (Å²) in [6, 6.07) is 10.6. The maximum absolute atomic E-state index is 11.9. The van der Waals surface area contributed by atoms with Gasteiger partial charge in [0.25, 0.3) is 0 Å². The van der Waals surface area contributed by atoms with E-state index in [9.17, 15) is 4.79 Å². The summed E-state index contributed by atoms with van der Waals surface area (Å²) >= 11 is 3.40. The Kier molecular flexibility index (Phi) is 6.20. The van der Waals surface area contributed by atoms with Gasteiger partial charge in [0.05, 0.1) is 24.9 Å². The van der Waals surface area contributed by atoms with Crippen molar-refractivity contribution in [3.8, 4) is 11.5 Å². The molecule has 2 aromatic rings. The Labute approximate surface area is 149 Å². The maximum atomic E-state index is 11.9. The van der Waals surface area contributed by atoms with Crippen LogP contribution >= 0.6 is 15.9 Å². The number of anilines is 1. The number of aryl methyl sites for hydroxylation is 1. The highest BCUT2D eigenvalue weighted by Gasteiger charge is 2.08. The molecule has 0 spiro atoms. The first-order chi connectivity index (χ1) is 11.5. The molecule has 2 amide bonds. The van der Waals surface area contributed by atoms with E-state index in [1.54, 1.807) is 26.4 Å². The summed E-state index contributed by atoms with van der Waals surface area (Å²) in [5.74, 6) is 1.23. The lowest BCUT2D eigenvalue weighted by atomic mass is 10.2. The molecule has 0 fully saturated rings. The second-order valence-electron chi connectivity index (χ2n) is 4.87. The third-order valence-corrected chi connectivity index (χ3v) is 3.89. The zero-order chi connectivity index (χ0) is 17.5. The van der Waals surface area contributed by atoms with Crippen LogP contribution in [0.1, 0.15) is 11.1 Å². The molecule has 2 N–H and O–H groups in total. The molecule has 0 unspecified atom stereocenters. The van der Waals surface area contributed by atoms with Gasteiger partial charge in [0, 0.05) is 17.3 Å². The minimum atomic E-state index is -0.424. The second kappa shape index (κ2) is 8.35. The minimum Gasteiger partial charge on any atom is -0.496 e. The Bertz CT molecular complexity index is 763. The third kappa shape index (κ3) is 4.48. The topological polar surface area (TPSA) is 72.0 Å². The summed E-state index contributed by atoms with van der Waals surface area (Å²) in [6.45, 7) is 1.92. The molecule has 0 aromatic heterocycles. The Balaban J connectivity index is 2.05. The molecule has 7 heteroatoms. The van der Waals surface area contributed by atoms with Crippen molar-refractivity contribution >= 4 is 33.9 Å². The average molecular weight is 392 g/mol. The van der Waals surface area contributed by atoms with Crippen molar-refractivity contribution in [1.29, 1.82) is 0 Å². The van der Waals surface area contributed by atoms with E-state index in [1.807, 2.05) is 31.2 Å². The molecular weight excluding hydrogens is 374 g/mol. The third-order valence-electron chi connectivity index (χ3n) is 3.27. The molecule has 0 aliphatic rings. The van der Waals surface area contributed by atoms with E-state index in [-0.39, 0.29) is 0 Å². The number of para-hydroxylation sites is 1. The Hall–Kier alpha value is -2.54. The normalized spacial score (nSPS) is 10.5. The number of urea groups is 1. The summed E-state index contributed by atoms with van der Waals surface area (Å²) in [5.41, 5.74) is 4.82. The molecule has 2 aromatic carbocycles. The highest BCUT2D eigenvalue weighted by molar-refractivity contribution is 9.10. The molecule has 0 bridgehead atoms. The van der Waals surface area contributed by atoms with Gasteiger partial charge in [-0.1, -0.05) is 18.2 Å². The van der Waals surface area contributed by atoms with Gasteiger partial charge in [0.2, 0.25) is 0 Å². The second-order valence-corrected chi connectivity index (χ2v) is 5.72. The van der Waals surface area contributed by atoms with E-state index >= 15 is 0 Å². The van der Waals surface area contributed by atoms with Crippen LogP contribution in [0.15, 0.2) is 46.0 Å². The van der Waals surface area contributed by atoms with Gasteiger partial charge in [-0.25, -0.2) is 10.2 Å². The fourth-order valence-electron chi connectivity index (χ4n) is 2.01. The summed E-state index contributed by atoms with van der Waals surface area (Å²) in [5, 5.41) is 6.67. The van der Waals surface area contributed by atoms with Gasteiger partial charge < -0.3 is 14.8 Å². The van der Waals surface area contributed by atoms with Crippen molar-refractivity contribution < 1.29 is 14.3 Å². The van der Waals surface area contributed by atoms with E-state index < -0.39 is 6.03 Å². The fraction of sp³-hybridized carbons (Fsp3) is 0.176. The minimum absolute atomic E-state index is 0.424. The first kappa shape index (κ1) is 17.8. The number of hydrogen-bond acceptors (Lipinski definition) is 4. The summed E-state index contributed by atoms with van der Waals surface area (Å²) in [4.78, 5) is 11.9. The highest BCUT2D eigenvalue weighted by atomic mass is 79.9. The number of hydrazone groups is 1. The average Bonchev–Trinajstić information content (AvgIpc) is 2.57. The van der Waals surface area contributed by atoms with Crippen LogP contribution in [0.3, 0.4) is 0 Å². The van der Waals surface area contributed by atoms with E-state index in [1.165, 1.54) is 6.21 Å². The van der Waals surface area contributed by atoms with Crippen LogP contribution in [0.5, 0.6) is 11.5 Å². The van der Waals surface area contributed by atoms with Gasteiger partial charge in [-0.15, -0.1) is 0 Å². The number of nitrogens with one attached hydrogen (secondary N) is 2. The van der Waals surface area contributed by atoms with Crippen molar-refractivity contribution in [2.75, 3.05) is 19.5 Å². The van der Waals surface area contributed by atoms with Crippen molar-refractivity contribution in [2.45, 2.75) is 6.92 Å². The Morgan fingerprint density at radius 1 is 1.17 bits per heavy atom. The van der Waals surface area contributed by atoms with Gasteiger partial charge in [-0.2, -0.15) is 5.10 Å². The number of rotatable bonds is 5.